The van der Waals surface area contributed by atoms with E-state index in [0.29, 0.717) is 12.1 Å². The monoisotopic (exact) mass is 203 g/mol. The van der Waals surface area contributed by atoms with Crippen LogP contribution in [0.15, 0.2) is 15.0 Å². The molecule has 1 rings (SSSR count). The van der Waals surface area contributed by atoms with E-state index in [1.807, 2.05) is 0 Å². The first-order valence-electron chi connectivity index (χ1n) is 2.72. The van der Waals surface area contributed by atoms with E-state index in [0.717, 1.165) is 4.48 Å². The third kappa shape index (κ3) is 1.26. The van der Waals surface area contributed by atoms with E-state index < -0.39 is 0 Å². The molecule has 0 aromatic rings. The first-order valence-corrected chi connectivity index (χ1v) is 3.52. The van der Waals surface area contributed by atoms with E-state index in [1.165, 1.54) is 7.11 Å². The van der Waals surface area contributed by atoms with Crippen LogP contribution in [0.3, 0.4) is 0 Å². The molecular formula is C6H6BrNO2. The number of nitrogens with zero attached hydrogens (tertiary/aromatic N) is 1. The van der Waals surface area contributed by atoms with Crippen molar-refractivity contribution in [3.8, 4) is 0 Å². The van der Waals surface area contributed by atoms with Crippen molar-refractivity contribution in [3.05, 3.63) is 10.1 Å². The fourth-order valence-corrected chi connectivity index (χ4v) is 1.09. The van der Waals surface area contributed by atoms with Crippen molar-refractivity contribution in [1.29, 1.82) is 0 Å². The Morgan fingerprint density at radius 3 is 3.00 bits per heavy atom. The van der Waals surface area contributed by atoms with E-state index in [1.54, 1.807) is 6.21 Å². The molecule has 1 heterocycles. The molecule has 0 spiro atoms. The van der Waals surface area contributed by atoms with E-state index in [-0.39, 0.29) is 5.97 Å². The number of halogens is 1. The van der Waals surface area contributed by atoms with Gasteiger partial charge in [0.2, 0.25) is 0 Å². The van der Waals surface area contributed by atoms with Crippen molar-refractivity contribution in [3.63, 3.8) is 0 Å². The molecule has 0 amide bonds. The molecule has 0 saturated heterocycles. The summed E-state index contributed by atoms with van der Waals surface area (Å²) in [6.07, 6.45) is 1.60. The van der Waals surface area contributed by atoms with Gasteiger partial charge in [-0.15, -0.1) is 0 Å². The zero-order valence-corrected chi connectivity index (χ0v) is 7.01. The second-order valence-electron chi connectivity index (χ2n) is 1.79. The van der Waals surface area contributed by atoms with Gasteiger partial charge < -0.3 is 4.74 Å². The minimum Gasteiger partial charge on any atom is -0.466 e. The van der Waals surface area contributed by atoms with Gasteiger partial charge in [-0.25, -0.2) is 4.79 Å². The lowest BCUT2D eigenvalue weighted by molar-refractivity contribution is -0.136. The zero-order chi connectivity index (χ0) is 7.56. The summed E-state index contributed by atoms with van der Waals surface area (Å²) >= 11 is 3.18. The van der Waals surface area contributed by atoms with Crippen molar-refractivity contribution in [1.82, 2.24) is 0 Å². The maximum absolute atomic E-state index is 10.8. The first-order chi connectivity index (χ1) is 4.75. The zero-order valence-electron chi connectivity index (χ0n) is 5.43. The third-order valence-corrected chi connectivity index (χ3v) is 1.86. The average Bonchev–Trinajstić information content (AvgIpc) is 2.34. The molecule has 10 heavy (non-hydrogen) atoms. The van der Waals surface area contributed by atoms with Gasteiger partial charge in [-0.1, -0.05) is 0 Å². The van der Waals surface area contributed by atoms with Crippen molar-refractivity contribution in [2.24, 2.45) is 4.99 Å². The lowest BCUT2D eigenvalue weighted by Crippen LogP contribution is -2.06. The summed E-state index contributed by atoms with van der Waals surface area (Å²) in [5, 5.41) is 0. The molecule has 1 aliphatic rings. The molecule has 4 heteroatoms. The topological polar surface area (TPSA) is 38.7 Å². The van der Waals surface area contributed by atoms with Crippen molar-refractivity contribution >= 4 is 28.1 Å². The molecule has 0 aliphatic carbocycles. The third-order valence-electron chi connectivity index (χ3n) is 1.17. The second-order valence-corrected chi connectivity index (χ2v) is 2.64. The molecule has 0 aromatic carbocycles. The van der Waals surface area contributed by atoms with Gasteiger partial charge in [0, 0.05) is 10.7 Å². The van der Waals surface area contributed by atoms with Crippen molar-refractivity contribution < 1.29 is 9.53 Å². The lowest BCUT2D eigenvalue weighted by Gasteiger charge is -1.97. The molecule has 0 aromatic heterocycles. The number of rotatable bonds is 1. The Morgan fingerprint density at radius 2 is 2.60 bits per heavy atom. The Balaban J connectivity index is 2.76. The summed E-state index contributed by atoms with van der Waals surface area (Å²) in [4.78, 5) is 14.7. The number of methoxy groups -OCH3 is 1. The highest BCUT2D eigenvalue weighted by Gasteiger charge is 2.15. The van der Waals surface area contributed by atoms with Crippen molar-refractivity contribution in [2.45, 2.75) is 0 Å². The van der Waals surface area contributed by atoms with Gasteiger partial charge in [-0.2, -0.15) is 0 Å². The maximum Gasteiger partial charge on any atom is 0.336 e. The summed E-state index contributed by atoms with van der Waals surface area (Å²) in [5.41, 5.74) is 0.586. The van der Waals surface area contributed by atoms with Gasteiger partial charge >= 0.3 is 5.97 Å². The molecule has 0 N–H and O–H groups in total. The largest absolute Gasteiger partial charge is 0.466 e. The highest BCUT2D eigenvalue weighted by atomic mass is 79.9. The minimum atomic E-state index is -0.315. The second kappa shape index (κ2) is 2.96. The fraction of sp³-hybridized carbons (Fsp3) is 0.333. The SMILES string of the molecule is COC(=O)C1=C(Br)C=NC1. The van der Waals surface area contributed by atoms with Gasteiger partial charge in [-0.05, 0) is 15.9 Å². The van der Waals surface area contributed by atoms with Crippen LogP contribution >= 0.6 is 15.9 Å². The Morgan fingerprint density at radius 1 is 1.90 bits per heavy atom. The van der Waals surface area contributed by atoms with Crippen molar-refractivity contribution in [2.75, 3.05) is 13.7 Å². The van der Waals surface area contributed by atoms with Crippen LogP contribution in [-0.2, 0) is 9.53 Å². The molecule has 0 fully saturated rings. The number of allylic oxidation sites excluding steroid dienone is 1. The van der Waals surface area contributed by atoms with Crippen LogP contribution in [0.5, 0.6) is 0 Å². The van der Waals surface area contributed by atoms with E-state index >= 15 is 0 Å². The maximum atomic E-state index is 10.8. The highest BCUT2D eigenvalue weighted by molar-refractivity contribution is 9.12. The van der Waals surface area contributed by atoms with Gasteiger partial charge in [0.1, 0.15) is 0 Å². The number of hydrogen-bond acceptors (Lipinski definition) is 3. The van der Waals surface area contributed by atoms with Gasteiger partial charge in [-0.3, -0.25) is 4.99 Å². The predicted molar refractivity (Wildman–Crippen MR) is 41.3 cm³/mol. The summed E-state index contributed by atoms with van der Waals surface area (Å²) in [6, 6.07) is 0. The number of hydrogen-bond donors (Lipinski definition) is 0. The normalized spacial score (nSPS) is 16.2. The standard InChI is InChI=1S/C6H6BrNO2/c1-10-6(9)4-2-8-3-5(4)7/h3H,2H2,1H3. The Labute approximate surface area is 66.9 Å². The molecule has 0 unspecified atom stereocenters. The van der Waals surface area contributed by atoms with E-state index in [9.17, 15) is 4.79 Å². The molecule has 0 bridgehead atoms. The molecule has 3 nitrogen and oxygen atoms in total. The molecule has 0 atom stereocenters. The summed E-state index contributed by atoms with van der Waals surface area (Å²) in [7, 11) is 1.36. The highest BCUT2D eigenvalue weighted by Crippen LogP contribution is 2.16. The Kier molecular flexibility index (Phi) is 2.21. The minimum absolute atomic E-state index is 0.315. The van der Waals surface area contributed by atoms with Gasteiger partial charge in [0.25, 0.3) is 0 Å². The lowest BCUT2D eigenvalue weighted by atomic mass is 10.3. The molecular weight excluding hydrogens is 198 g/mol. The summed E-state index contributed by atoms with van der Waals surface area (Å²) in [6.45, 7) is 0.424. The van der Waals surface area contributed by atoms with Gasteiger partial charge in [0.15, 0.2) is 0 Å². The molecule has 1 aliphatic heterocycles. The van der Waals surface area contributed by atoms with Crippen LogP contribution in [0.4, 0.5) is 0 Å². The Bertz CT molecular complexity index is 220. The van der Waals surface area contributed by atoms with Crippen LogP contribution in [0.25, 0.3) is 0 Å². The number of carbonyl (C=O) groups is 1. The van der Waals surface area contributed by atoms with E-state index in [4.69, 9.17) is 0 Å². The summed E-state index contributed by atoms with van der Waals surface area (Å²) in [5.74, 6) is -0.315. The fourth-order valence-electron chi connectivity index (χ4n) is 0.656. The van der Waals surface area contributed by atoms with E-state index in [2.05, 4.69) is 25.7 Å². The van der Waals surface area contributed by atoms with Crippen LogP contribution in [0.2, 0.25) is 0 Å². The molecule has 54 valence electrons. The average molecular weight is 204 g/mol. The van der Waals surface area contributed by atoms with Crippen LogP contribution in [0.1, 0.15) is 0 Å². The quantitative estimate of drug-likeness (QED) is 0.595. The number of carbonyl (C=O) groups excluding carboxylic acids is 1. The molecule has 0 radical (unpaired) electrons. The Hall–Kier alpha value is -0.640. The van der Waals surface area contributed by atoms with Crippen LogP contribution in [0, 0.1) is 0 Å². The first kappa shape index (κ1) is 7.47. The number of ether oxygens (including phenoxy) is 1. The summed E-state index contributed by atoms with van der Waals surface area (Å²) < 4.78 is 5.22. The van der Waals surface area contributed by atoms with Crippen LogP contribution in [-0.4, -0.2) is 25.8 Å². The predicted octanol–water partition coefficient (Wildman–Crippen LogP) is 0.893. The van der Waals surface area contributed by atoms with Crippen LogP contribution < -0.4 is 0 Å². The number of esters is 1. The van der Waals surface area contributed by atoms with Gasteiger partial charge in [0.05, 0.1) is 19.2 Å². The number of aliphatic imine (C=N–C) groups is 1. The molecule has 0 saturated carbocycles. The smallest absolute Gasteiger partial charge is 0.336 e.